The van der Waals surface area contributed by atoms with Gasteiger partial charge in [0.25, 0.3) is 5.56 Å². The zero-order chi connectivity index (χ0) is 16.4. The number of phenols is 1. The number of phenolic OH excluding ortho intramolecular Hbond substituents is 1. The van der Waals surface area contributed by atoms with Crippen molar-refractivity contribution < 1.29 is 5.11 Å². The molecule has 2 rings (SSSR count). The number of pyridine rings is 1. The Labute approximate surface area is 143 Å². The van der Waals surface area contributed by atoms with Crippen LogP contribution in [0.2, 0.25) is 0 Å². The predicted octanol–water partition coefficient (Wildman–Crippen LogP) is 3.45. The first kappa shape index (κ1) is 16.5. The zero-order valence-corrected chi connectivity index (χ0v) is 14.9. The van der Waals surface area contributed by atoms with Crippen LogP contribution in [0, 0.1) is 25.2 Å². The van der Waals surface area contributed by atoms with Crippen molar-refractivity contribution >= 4 is 38.1 Å². The fraction of sp³-hybridized carbons (Fsp3) is 0.133. The second-order valence-electron chi connectivity index (χ2n) is 4.64. The van der Waals surface area contributed by atoms with Gasteiger partial charge in [0.1, 0.15) is 17.4 Å². The maximum absolute atomic E-state index is 12.2. The first-order valence-corrected chi connectivity index (χ1v) is 7.79. The molecule has 0 saturated heterocycles. The highest BCUT2D eigenvalue weighted by Gasteiger charge is 2.10. The molecule has 112 valence electrons. The Bertz CT molecular complexity index is 880. The van der Waals surface area contributed by atoms with Crippen LogP contribution in [0.1, 0.15) is 22.4 Å². The van der Waals surface area contributed by atoms with E-state index in [-0.39, 0.29) is 11.3 Å². The van der Waals surface area contributed by atoms with Gasteiger partial charge in [-0.3, -0.25) is 4.79 Å². The third-order valence-corrected chi connectivity index (χ3v) is 4.10. The third-order valence-electron chi connectivity index (χ3n) is 3.04. The molecule has 2 aromatic rings. The van der Waals surface area contributed by atoms with Gasteiger partial charge in [-0.1, -0.05) is 15.9 Å². The molecule has 0 bridgehead atoms. The van der Waals surface area contributed by atoms with Crippen molar-refractivity contribution in [3.05, 3.63) is 59.9 Å². The Balaban J connectivity index is 2.58. The van der Waals surface area contributed by atoms with E-state index < -0.39 is 5.56 Å². The number of aryl methyl sites for hydroxylation is 2. The van der Waals surface area contributed by atoms with Crippen LogP contribution in [0.5, 0.6) is 5.75 Å². The molecule has 0 spiro atoms. The molecule has 0 radical (unpaired) electrons. The van der Waals surface area contributed by atoms with Crippen molar-refractivity contribution in [3.8, 4) is 11.8 Å². The van der Waals surface area contributed by atoms with Gasteiger partial charge in [-0.05, 0) is 53.5 Å². The first-order chi connectivity index (χ1) is 10.3. The van der Waals surface area contributed by atoms with Crippen LogP contribution in [0.4, 0.5) is 0 Å². The molecule has 0 unspecified atom stereocenters. The Morgan fingerprint density at radius 1 is 1.32 bits per heavy atom. The number of nitriles is 1. The summed E-state index contributed by atoms with van der Waals surface area (Å²) in [6, 6.07) is 6.97. The zero-order valence-electron chi connectivity index (χ0n) is 11.8. The molecule has 22 heavy (non-hydrogen) atoms. The maximum atomic E-state index is 12.2. The van der Waals surface area contributed by atoms with Crippen molar-refractivity contribution in [1.82, 2.24) is 4.68 Å². The van der Waals surface area contributed by atoms with E-state index in [4.69, 9.17) is 5.26 Å². The van der Waals surface area contributed by atoms with Crippen LogP contribution in [0.3, 0.4) is 0 Å². The highest BCUT2D eigenvalue weighted by Crippen LogP contribution is 2.30. The molecular formula is C15H11Br2N3O2. The van der Waals surface area contributed by atoms with Crippen molar-refractivity contribution in [2.45, 2.75) is 13.8 Å². The molecule has 0 aliphatic carbocycles. The molecule has 7 heteroatoms. The van der Waals surface area contributed by atoms with Gasteiger partial charge < -0.3 is 5.11 Å². The van der Waals surface area contributed by atoms with Crippen molar-refractivity contribution in [3.63, 3.8) is 0 Å². The van der Waals surface area contributed by atoms with E-state index >= 15 is 0 Å². The number of aromatic hydroxyl groups is 1. The smallest absolute Gasteiger partial charge is 0.289 e. The summed E-state index contributed by atoms with van der Waals surface area (Å²) in [5, 5.41) is 23.1. The maximum Gasteiger partial charge on any atom is 0.289 e. The summed E-state index contributed by atoms with van der Waals surface area (Å²) in [5.41, 5.74) is 1.23. The van der Waals surface area contributed by atoms with Crippen LogP contribution in [-0.2, 0) is 0 Å². The molecule has 5 nitrogen and oxygen atoms in total. The van der Waals surface area contributed by atoms with Crippen molar-refractivity contribution in [1.29, 1.82) is 5.26 Å². The quantitative estimate of drug-likeness (QED) is 0.750. The van der Waals surface area contributed by atoms with E-state index in [1.54, 1.807) is 32.0 Å². The fourth-order valence-electron chi connectivity index (χ4n) is 1.97. The monoisotopic (exact) mass is 423 g/mol. The Morgan fingerprint density at radius 3 is 2.64 bits per heavy atom. The summed E-state index contributed by atoms with van der Waals surface area (Å²) >= 11 is 6.55. The van der Waals surface area contributed by atoms with E-state index in [2.05, 4.69) is 37.0 Å². The molecule has 1 heterocycles. The molecule has 0 atom stereocenters. The lowest BCUT2D eigenvalue weighted by atomic mass is 10.1. The number of hydrogen-bond acceptors (Lipinski definition) is 4. The number of aromatic nitrogens is 1. The average Bonchev–Trinajstić information content (AvgIpc) is 2.43. The van der Waals surface area contributed by atoms with Gasteiger partial charge >= 0.3 is 0 Å². The first-order valence-electron chi connectivity index (χ1n) is 6.21. The number of nitrogens with zero attached hydrogens (tertiary/aromatic N) is 3. The predicted molar refractivity (Wildman–Crippen MR) is 91.4 cm³/mol. The van der Waals surface area contributed by atoms with E-state index in [1.165, 1.54) is 6.21 Å². The Morgan fingerprint density at radius 2 is 2.00 bits per heavy atom. The Kier molecular flexibility index (Phi) is 4.84. The van der Waals surface area contributed by atoms with Gasteiger partial charge in [0.05, 0.1) is 10.7 Å². The molecule has 0 aliphatic rings. The van der Waals surface area contributed by atoms with E-state index in [0.29, 0.717) is 21.3 Å². The number of benzene rings is 1. The highest BCUT2D eigenvalue weighted by molar-refractivity contribution is 9.11. The molecule has 1 aromatic carbocycles. The summed E-state index contributed by atoms with van der Waals surface area (Å²) in [6.07, 6.45) is 1.37. The minimum Gasteiger partial charge on any atom is -0.506 e. The fourth-order valence-corrected chi connectivity index (χ4v) is 3.22. The highest BCUT2D eigenvalue weighted by atomic mass is 79.9. The van der Waals surface area contributed by atoms with E-state index in [9.17, 15) is 9.90 Å². The minimum atomic E-state index is -0.482. The normalized spacial score (nSPS) is 10.9. The van der Waals surface area contributed by atoms with Crippen LogP contribution in [0.25, 0.3) is 0 Å². The number of rotatable bonds is 2. The summed E-state index contributed by atoms with van der Waals surface area (Å²) < 4.78 is 2.40. The van der Waals surface area contributed by atoms with Gasteiger partial charge in [0, 0.05) is 15.7 Å². The number of hydrogen-bond donors (Lipinski definition) is 1. The average molecular weight is 425 g/mol. The lowest BCUT2D eigenvalue weighted by molar-refractivity contribution is 0.471. The summed E-state index contributed by atoms with van der Waals surface area (Å²) in [7, 11) is 0. The SMILES string of the molecule is Cc1cc(C)n(/N=C\c2cc(Br)cc(Br)c2O)c(=O)c1C#N. The standard InChI is InChI=1S/C15H11Br2N3O2/c1-8-3-9(2)20(15(22)12(8)6-18)19-7-10-4-11(16)5-13(17)14(10)21/h3-5,7,21H,1-2H3/b19-7-. The molecular weight excluding hydrogens is 414 g/mol. The second kappa shape index (κ2) is 6.46. The van der Waals surface area contributed by atoms with Gasteiger partial charge in [0.15, 0.2) is 0 Å². The molecule has 0 aliphatic heterocycles. The Hall–Kier alpha value is -1.91. The second-order valence-corrected chi connectivity index (χ2v) is 6.41. The molecule has 0 amide bonds. The largest absolute Gasteiger partial charge is 0.506 e. The van der Waals surface area contributed by atoms with Gasteiger partial charge in [-0.2, -0.15) is 10.4 Å². The van der Waals surface area contributed by atoms with Crippen LogP contribution >= 0.6 is 31.9 Å². The van der Waals surface area contributed by atoms with Gasteiger partial charge in [-0.15, -0.1) is 0 Å². The topological polar surface area (TPSA) is 78.4 Å². The lowest BCUT2D eigenvalue weighted by Gasteiger charge is -2.07. The molecule has 0 saturated carbocycles. The van der Waals surface area contributed by atoms with Crippen LogP contribution in [0.15, 0.2) is 37.0 Å². The van der Waals surface area contributed by atoms with Crippen LogP contribution in [-0.4, -0.2) is 16.0 Å². The molecule has 1 N–H and O–H groups in total. The summed E-state index contributed by atoms with van der Waals surface area (Å²) in [6.45, 7) is 3.43. The minimum absolute atomic E-state index is 0.0188. The van der Waals surface area contributed by atoms with E-state index in [0.717, 1.165) is 9.15 Å². The summed E-state index contributed by atoms with van der Waals surface area (Å²) in [4.78, 5) is 12.2. The van der Waals surface area contributed by atoms with Gasteiger partial charge in [-0.25, -0.2) is 4.68 Å². The lowest BCUT2D eigenvalue weighted by Crippen LogP contribution is -2.22. The van der Waals surface area contributed by atoms with E-state index in [1.807, 2.05) is 6.07 Å². The molecule has 0 fully saturated rings. The van der Waals surface area contributed by atoms with Crippen molar-refractivity contribution in [2.75, 3.05) is 0 Å². The summed E-state index contributed by atoms with van der Waals surface area (Å²) in [5.74, 6) is 0.0188. The number of halogens is 2. The van der Waals surface area contributed by atoms with Gasteiger partial charge in [0.2, 0.25) is 0 Å². The molecule has 1 aromatic heterocycles. The van der Waals surface area contributed by atoms with Crippen LogP contribution < -0.4 is 5.56 Å². The van der Waals surface area contributed by atoms with Crippen molar-refractivity contribution in [2.24, 2.45) is 5.10 Å². The third kappa shape index (κ3) is 3.13.